The molecule has 184 valence electrons. The normalized spacial score (nSPS) is 47.1. The Morgan fingerprint density at radius 1 is 1.09 bits per heavy atom. The van der Waals surface area contributed by atoms with Crippen LogP contribution >= 0.6 is 0 Å². The van der Waals surface area contributed by atoms with Crippen molar-refractivity contribution in [2.75, 3.05) is 0 Å². The van der Waals surface area contributed by atoms with E-state index in [0.29, 0.717) is 18.3 Å². The molecule has 0 aromatic heterocycles. The Balaban J connectivity index is 1.51. The van der Waals surface area contributed by atoms with Gasteiger partial charge < -0.3 is 14.4 Å². The fourth-order valence-corrected chi connectivity index (χ4v) is 9.21. The van der Waals surface area contributed by atoms with Crippen molar-refractivity contribution in [1.29, 1.82) is 0 Å². The van der Waals surface area contributed by atoms with E-state index in [0.717, 1.165) is 25.7 Å². The Morgan fingerprint density at radius 2 is 1.81 bits per heavy atom. The zero-order chi connectivity index (χ0) is 23.5. The van der Waals surface area contributed by atoms with Crippen LogP contribution in [-0.2, 0) is 19.4 Å². The standard InChI is InChI=1S/C24H40O7S/c1-14(7-10-21(27)31-32(28,29)30)16-8-9-17-22-18(13-20(26)24(16,17)3)23(2)11-5-4-6-15(23)12-19(22)25/h14-20,22,25-26H,4-13H2,1-3H3,(H,28,29,30). The van der Waals surface area contributed by atoms with Gasteiger partial charge in [-0.1, -0.05) is 33.6 Å². The molecule has 10 atom stereocenters. The quantitative estimate of drug-likeness (QED) is 0.521. The summed E-state index contributed by atoms with van der Waals surface area (Å²) in [4.78, 5) is 11.8. The van der Waals surface area contributed by atoms with Crippen LogP contribution in [-0.4, -0.2) is 41.4 Å². The lowest BCUT2D eigenvalue weighted by Crippen LogP contribution is -2.61. The molecule has 32 heavy (non-hydrogen) atoms. The van der Waals surface area contributed by atoms with E-state index < -0.39 is 22.5 Å². The average molecular weight is 473 g/mol. The molecule has 10 unspecified atom stereocenters. The zero-order valence-electron chi connectivity index (χ0n) is 19.6. The van der Waals surface area contributed by atoms with Gasteiger partial charge in [0.1, 0.15) is 0 Å². The molecule has 0 spiro atoms. The van der Waals surface area contributed by atoms with E-state index >= 15 is 0 Å². The highest BCUT2D eigenvalue weighted by molar-refractivity contribution is 7.81. The summed E-state index contributed by atoms with van der Waals surface area (Å²) in [6, 6.07) is 0. The van der Waals surface area contributed by atoms with Crippen LogP contribution in [0.25, 0.3) is 0 Å². The Kier molecular flexibility index (Phi) is 6.49. The molecular formula is C24H40O7S. The van der Waals surface area contributed by atoms with Gasteiger partial charge in [0.05, 0.1) is 12.2 Å². The highest BCUT2D eigenvalue weighted by Crippen LogP contribution is 2.68. The molecule has 4 aliphatic carbocycles. The van der Waals surface area contributed by atoms with Gasteiger partial charge in [-0.2, -0.15) is 8.42 Å². The number of carbonyl (C=O) groups is 1. The molecule has 0 saturated heterocycles. The van der Waals surface area contributed by atoms with Crippen molar-refractivity contribution >= 4 is 16.4 Å². The van der Waals surface area contributed by atoms with Crippen LogP contribution in [0.2, 0.25) is 0 Å². The third-order valence-electron chi connectivity index (χ3n) is 10.5. The number of hydrogen-bond acceptors (Lipinski definition) is 6. The van der Waals surface area contributed by atoms with Crippen LogP contribution < -0.4 is 0 Å². The van der Waals surface area contributed by atoms with Crippen molar-refractivity contribution in [1.82, 2.24) is 0 Å². The molecule has 4 rings (SSSR count). The number of carbonyl (C=O) groups excluding carboxylic acids is 1. The van der Waals surface area contributed by atoms with Gasteiger partial charge >= 0.3 is 16.4 Å². The van der Waals surface area contributed by atoms with Crippen LogP contribution in [0, 0.1) is 46.3 Å². The fourth-order valence-electron chi connectivity index (χ4n) is 8.89. The van der Waals surface area contributed by atoms with Crippen LogP contribution in [0.15, 0.2) is 0 Å². The topological polar surface area (TPSA) is 121 Å². The molecule has 8 heteroatoms. The van der Waals surface area contributed by atoms with Crippen LogP contribution in [0.1, 0.15) is 85.0 Å². The second kappa shape index (κ2) is 8.51. The Labute approximate surface area is 192 Å². The van der Waals surface area contributed by atoms with Crippen molar-refractivity contribution in [3.63, 3.8) is 0 Å². The molecule has 0 aromatic rings. The van der Waals surface area contributed by atoms with Crippen LogP contribution in [0.5, 0.6) is 0 Å². The highest BCUT2D eigenvalue weighted by atomic mass is 32.3. The van der Waals surface area contributed by atoms with Crippen molar-refractivity contribution in [3.05, 3.63) is 0 Å². The average Bonchev–Trinajstić information content (AvgIpc) is 3.05. The predicted octanol–water partition coefficient (Wildman–Crippen LogP) is 3.74. The maximum atomic E-state index is 11.8. The molecule has 0 aliphatic heterocycles. The first-order valence-corrected chi connectivity index (χ1v) is 13.8. The summed E-state index contributed by atoms with van der Waals surface area (Å²) in [6.45, 7) is 6.63. The predicted molar refractivity (Wildman–Crippen MR) is 119 cm³/mol. The zero-order valence-corrected chi connectivity index (χ0v) is 20.4. The maximum Gasteiger partial charge on any atom is 0.448 e. The first-order chi connectivity index (χ1) is 14.9. The second-order valence-corrected chi connectivity index (χ2v) is 12.8. The van der Waals surface area contributed by atoms with Crippen LogP contribution in [0.3, 0.4) is 0 Å². The number of aliphatic hydroxyl groups excluding tert-OH is 2. The first-order valence-electron chi connectivity index (χ1n) is 12.4. The van der Waals surface area contributed by atoms with Gasteiger partial charge in [0.25, 0.3) is 0 Å². The number of hydrogen-bond donors (Lipinski definition) is 3. The highest BCUT2D eigenvalue weighted by Gasteiger charge is 2.65. The van der Waals surface area contributed by atoms with Gasteiger partial charge in [-0.05, 0) is 91.3 Å². The van der Waals surface area contributed by atoms with E-state index in [1.165, 1.54) is 25.7 Å². The molecule has 0 amide bonds. The number of rotatable bonds is 5. The lowest BCUT2D eigenvalue weighted by molar-refractivity contribution is -0.201. The summed E-state index contributed by atoms with van der Waals surface area (Å²) in [7, 11) is -4.78. The minimum Gasteiger partial charge on any atom is -0.393 e. The van der Waals surface area contributed by atoms with Gasteiger partial charge in [0.15, 0.2) is 0 Å². The molecule has 3 N–H and O–H groups in total. The second-order valence-electron chi connectivity index (χ2n) is 11.7. The molecule has 0 bridgehead atoms. The number of aliphatic hydroxyl groups is 2. The van der Waals surface area contributed by atoms with E-state index in [1.54, 1.807) is 0 Å². The summed E-state index contributed by atoms with van der Waals surface area (Å²) >= 11 is 0. The van der Waals surface area contributed by atoms with E-state index in [1.807, 2.05) is 6.92 Å². The third-order valence-corrected chi connectivity index (χ3v) is 10.9. The Morgan fingerprint density at radius 3 is 2.50 bits per heavy atom. The Bertz CT molecular complexity index is 828. The fraction of sp³-hybridized carbons (Fsp3) is 0.958. The summed E-state index contributed by atoms with van der Waals surface area (Å²) in [6.07, 6.45) is 7.96. The molecular weight excluding hydrogens is 432 g/mol. The molecule has 0 aromatic carbocycles. The van der Waals surface area contributed by atoms with Gasteiger partial charge in [0, 0.05) is 6.42 Å². The SMILES string of the molecule is CC(CCC(=O)OS(=O)(=O)O)C1CCC2C3C(O)CC4CCCCC4(C)C3CC(O)C12C. The van der Waals surface area contributed by atoms with Crippen molar-refractivity contribution in [3.8, 4) is 0 Å². The lowest BCUT2D eigenvalue weighted by atomic mass is 9.43. The maximum absolute atomic E-state index is 11.8. The lowest BCUT2D eigenvalue weighted by Gasteiger charge is -2.63. The molecule has 0 radical (unpaired) electrons. The summed E-state index contributed by atoms with van der Waals surface area (Å²) in [5.74, 6) is 0.683. The van der Waals surface area contributed by atoms with E-state index in [4.69, 9.17) is 4.55 Å². The van der Waals surface area contributed by atoms with Crippen molar-refractivity contribution in [2.45, 2.75) is 97.2 Å². The van der Waals surface area contributed by atoms with Gasteiger partial charge in [-0.25, -0.2) is 0 Å². The monoisotopic (exact) mass is 472 g/mol. The molecule has 4 saturated carbocycles. The third kappa shape index (κ3) is 4.03. The summed E-state index contributed by atoms with van der Waals surface area (Å²) in [5.41, 5.74) is -0.125. The first kappa shape index (κ1) is 24.4. The molecule has 4 aliphatic rings. The summed E-state index contributed by atoms with van der Waals surface area (Å²) < 4.78 is 34.3. The minimum atomic E-state index is -4.78. The van der Waals surface area contributed by atoms with E-state index in [2.05, 4.69) is 18.0 Å². The van der Waals surface area contributed by atoms with E-state index in [-0.39, 0.29) is 47.0 Å². The summed E-state index contributed by atoms with van der Waals surface area (Å²) in [5, 5.41) is 22.8. The van der Waals surface area contributed by atoms with Crippen LogP contribution in [0.4, 0.5) is 0 Å². The van der Waals surface area contributed by atoms with Gasteiger partial charge in [-0.3, -0.25) is 9.35 Å². The Hall–Kier alpha value is -0.700. The smallest absolute Gasteiger partial charge is 0.393 e. The van der Waals surface area contributed by atoms with Crippen molar-refractivity contribution in [2.24, 2.45) is 46.3 Å². The van der Waals surface area contributed by atoms with Crippen molar-refractivity contribution < 1.29 is 32.2 Å². The number of fused-ring (bicyclic) bond motifs is 5. The largest absolute Gasteiger partial charge is 0.448 e. The van der Waals surface area contributed by atoms with E-state index in [9.17, 15) is 23.4 Å². The van der Waals surface area contributed by atoms with Gasteiger partial charge in [-0.15, -0.1) is 0 Å². The molecule has 4 fully saturated rings. The molecule has 7 nitrogen and oxygen atoms in total. The minimum absolute atomic E-state index is 0.0869. The van der Waals surface area contributed by atoms with Gasteiger partial charge in [0.2, 0.25) is 0 Å². The molecule has 0 heterocycles.